The van der Waals surface area contributed by atoms with E-state index in [-0.39, 0.29) is 10.6 Å². The molecule has 0 spiro atoms. The number of rotatable bonds is 10. The predicted octanol–water partition coefficient (Wildman–Crippen LogP) is 3.93. The summed E-state index contributed by atoms with van der Waals surface area (Å²) < 4.78 is 0.679. The zero-order valence-electron chi connectivity index (χ0n) is 18.0. The van der Waals surface area contributed by atoms with Crippen molar-refractivity contribution < 1.29 is 10.2 Å². The van der Waals surface area contributed by atoms with Gasteiger partial charge in [0, 0.05) is 31.1 Å². The quantitative estimate of drug-likeness (QED) is 0.220. The molecule has 0 fully saturated rings. The molecule has 1 heterocycles. The Morgan fingerprint density at radius 1 is 1.00 bits per heavy atom. The molecule has 33 heavy (non-hydrogen) atoms. The number of benzene rings is 3. The molecule has 3 aromatic carbocycles. The highest BCUT2D eigenvalue weighted by atomic mass is 35.5. The molecule has 0 saturated heterocycles. The van der Waals surface area contributed by atoms with E-state index in [2.05, 4.69) is 33.8 Å². The van der Waals surface area contributed by atoms with Gasteiger partial charge < -0.3 is 20.5 Å². The van der Waals surface area contributed by atoms with E-state index in [1.165, 1.54) is 11.1 Å². The molecule has 0 saturated carbocycles. The number of phenols is 1. The number of aromatic amines is 1. The van der Waals surface area contributed by atoms with Gasteiger partial charge in [0.2, 0.25) is 0 Å². The highest BCUT2D eigenvalue weighted by Crippen LogP contribution is 2.28. The Bertz CT molecular complexity index is 1290. The zero-order chi connectivity index (χ0) is 23.2. The average Bonchev–Trinajstić information content (AvgIpc) is 3.20. The first-order chi connectivity index (χ1) is 16.0. The van der Waals surface area contributed by atoms with Gasteiger partial charge in [0.1, 0.15) is 17.5 Å². The smallest absolute Gasteiger partial charge is 0.305 e. The minimum atomic E-state index is -0.754. The van der Waals surface area contributed by atoms with Crippen molar-refractivity contribution in [3.8, 4) is 5.75 Å². The van der Waals surface area contributed by atoms with Crippen molar-refractivity contribution in [3.05, 3.63) is 97.6 Å². The Kier molecular flexibility index (Phi) is 7.80. The van der Waals surface area contributed by atoms with Crippen LogP contribution < -0.4 is 15.5 Å². The number of aliphatic hydroxyl groups excluding tert-OH is 1. The van der Waals surface area contributed by atoms with E-state index < -0.39 is 6.23 Å². The predicted molar refractivity (Wildman–Crippen MR) is 134 cm³/mol. The molecular formula is C25H26ClN3O3S. The van der Waals surface area contributed by atoms with Crippen LogP contribution in [0.4, 0.5) is 0 Å². The highest BCUT2D eigenvalue weighted by molar-refractivity contribution is 7.16. The van der Waals surface area contributed by atoms with Crippen LogP contribution in [0.5, 0.6) is 5.75 Å². The molecule has 0 aliphatic heterocycles. The third kappa shape index (κ3) is 6.22. The fourth-order valence-corrected chi connectivity index (χ4v) is 4.86. The summed E-state index contributed by atoms with van der Waals surface area (Å²) in [4.78, 5) is 14.1. The Morgan fingerprint density at radius 3 is 2.67 bits per heavy atom. The van der Waals surface area contributed by atoms with Crippen LogP contribution in [-0.4, -0.2) is 28.0 Å². The summed E-state index contributed by atoms with van der Waals surface area (Å²) in [6.07, 6.45) is 0.365. The van der Waals surface area contributed by atoms with Crippen molar-refractivity contribution in [1.29, 1.82) is 0 Å². The van der Waals surface area contributed by atoms with Crippen molar-refractivity contribution in [2.45, 2.75) is 32.2 Å². The molecule has 1 aromatic heterocycles. The fraction of sp³-hybridized carbons (Fsp3) is 0.240. The second-order valence-electron chi connectivity index (χ2n) is 7.90. The van der Waals surface area contributed by atoms with Crippen molar-refractivity contribution in [3.63, 3.8) is 0 Å². The van der Waals surface area contributed by atoms with E-state index in [0.717, 1.165) is 40.5 Å². The molecule has 1 atom stereocenters. The van der Waals surface area contributed by atoms with Crippen molar-refractivity contribution >= 4 is 33.2 Å². The lowest BCUT2D eigenvalue weighted by molar-refractivity contribution is 0.138. The van der Waals surface area contributed by atoms with E-state index in [9.17, 15) is 15.0 Å². The Balaban J connectivity index is 1.26. The fourth-order valence-electron chi connectivity index (χ4n) is 3.78. The van der Waals surface area contributed by atoms with Gasteiger partial charge in [-0.15, -0.1) is 0 Å². The third-order valence-corrected chi connectivity index (χ3v) is 6.77. The molecule has 0 radical (unpaired) electrons. The lowest BCUT2D eigenvalue weighted by atomic mass is 10.1. The second-order valence-corrected chi connectivity index (χ2v) is 9.29. The molecule has 0 aliphatic carbocycles. The van der Waals surface area contributed by atoms with Crippen LogP contribution in [0.3, 0.4) is 0 Å². The summed E-state index contributed by atoms with van der Waals surface area (Å²) in [5.74, 6) is 0.0378. The Morgan fingerprint density at radius 2 is 1.82 bits per heavy atom. The van der Waals surface area contributed by atoms with Gasteiger partial charge in [-0.25, -0.2) is 0 Å². The topological polar surface area (TPSA) is 97.4 Å². The van der Waals surface area contributed by atoms with E-state index in [0.29, 0.717) is 29.7 Å². The number of hydrogen-bond donors (Lipinski definition) is 5. The molecule has 6 nitrogen and oxygen atoms in total. The molecule has 172 valence electrons. The van der Waals surface area contributed by atoms with Crippen molar-refractivity contribution in [1.82, 2.24) is 15.6 Å². The van der Waals surface area contributed by atoms with Crippen LogP contribution >= 0.6 is 22.9 Å². The van der Waals surface area contributed by atoms with Crippen LogP contribution in [0, 0.1) is 0 Å². The van der Waals surface area contributed by atoms with Crippen LogP contribution in [0.2, 0.25) is 5.02 Å². The molecule has 0 amide bonds. The number of hydrogen-bond acceptors (Lipinski definition) is 6. The molecule has 4 aromatic rings. The third-order valence-electron chi connectivity index (χ3n) is 5.44. The lowest BCUT2D eigenvalue weighted by Crippen LogP contribution is -2.32. The summed E-state index contributed by atoms with van der Waals surface area (Å²) in [5, 5.41) is 27.7. The summed E-state index contributed by atoms with van der Waals surface area (Å²) >= 11 is 7.25. The van der Waals surface area contributed by atoms with E-state index in [1.54, 1.807) is 12.1 Å². The molecule has 1 unspecified atom stereocenters. The number of nitrogens with one attached hydrogen (secondary N) is 3. The first kappa shape index (κ1) is 23.5. The number of aromatic nitrogens is 1. The maximum atomic E-state index is 11.7. The van der Waals surface area contributed by atoms with Gasteiger partial charge in [-0.2, -0.15) is 0 Å². The molecule has 4 rings (SSSR count). The number of H-pyrrole nitrogens is 1. The summed E-state index contributed by atoms with van der Waals surface area (Å²) in [5.41, 5.74) is 4.69. The number of fused-ring (bicyclic) bond motifs is 1. The molecule has 8 heteroatoms. The number of aromatic hydroxyl groups is 1. The SMILES string of the molecule is O=c1[nH]c2c(O)ccc(CC(O)NCCc3cccc(CNCc4ccccc4Cl)c3)c2s1. The van der Waals surface area contributed by atoms with Gasteiger partial charge in [-0.05, 0) is 40.8 Å². The zero-order valence-corrected chi connectivity index (χ0v) is 19.5. The van der Waals surface area contributed by atoms with E-state index in [4.69, 9.17) is 11.6 Å². The number of aliphatic hydroxyl groups is 1. The van der Waals surface area contributed by atoms with Gasteiger partial charge in [0.25, 0.3) is 0 Å². The van der Waals surface area contributed by atoms with Gasteiger partial charge in [0.05, 0.1) is 4.70 Å². The normalized spacial score (nSPS) is 12.3. The standard InChI is InChI=1S/C25H26ClN3O3S/c26-20-7-2-1-6-19(20)15-27-14-17-5-3-4-16(12-17)10-11-28-22(31)13-18-8-9-21(30)23-24(18)33-25(32)29-23/h1-9,12,22,27-28,30-31H,10-11,13-15H2,(H,29,32). The highest BCUT2D eigenvalue weighted by Gasteiger charge is 2.13. The molecule has 5 N–H and O–H groups in total. The van der Waals surface area contributed by atoms with E-state index >= 15 is 0 Å². The summed E-state index contributed by atoms with van der Waals surface area (Å²) in [6, 6.07) is 19.5. The number of thiazole rings is 1. The first-order valence-electron chi connectivity index (χ1n) is 10.8. The first-order valence-corrected chi connectivity index (χ1v) is 12.0. The monoisotopic (exact) mass is 483 g/mol. The van der Waals surface area contributed by atoms with Crippen LogP contribution in [-0.2, 0) is 25.9 Å². The molecular weight excluding hydrogens is 458 g/mol. The maximum absolute atomic E-state index is 11.7. The largest absolute Gasteiger partial charge is 0.506 e. The molecule has 0 bridgehead atoms. The van der Waals surface area contributed by atoms with Gasteiger partial charge >= 0.3 is 4.87 Å². The van der Waals surface area contributed by atoms with Crippen molar-refractivity contribution in [2.24, 2.45) is 0 Å². The second kappa shape index (κ2) is 11.0. The van der Waals surface area contributed by atoms with Crippen LogP contribution in [0.15, 0.2) is 65.5 Å². The van der Waals surface area contributed by atoms with Crippen LogP contribution in [0.25, 0.3) is 10.2 Å². The van der Waals surface area contributed by atoms with E-state index in [1.807, 2.05) is 30.3 Å². The van der Waals surface area contributed by atoms with Crippen LogP contribution in [0.1, 0.15) is 22.3 Å². The maximum Gasteiger partial charge on any atom is 0.305 e. The van der Waals surface area contributed by atoms with Gasteiger partial charge in [-0.1, -0.05) is 71.5 Å². The minimum absolute atomic E-state index is 0.0378. The van der Waals surface area contributed by atoms with Crippen molar-refractivity contribution in [2.75, 3.05) is 6.54 Å². The van der Waals surface area contributed by atoms with Gasteiger partial charge in [-0.3, -0.25) is 10.1 Å². The van der Waals surface area contributed by atoms with Gasteiger partial charge in [0.15, 0.2) is 0 Å². The average molecular weight is 484 g/mol. The number of phenolic OH excluding ortho intramolecular Hbond substituents is 1. The lowest BCUT2D eigenvalue weighted by Gasteiger charge is -2.14. The number of halogens is 1. The summed E-state index contributed by atoms with van der Waals surface area (Å²) in [6.45, 7) is 2.06. The Labute approximate surface area is 200 Å². The minimum Gasteiger partial charge on any atom is -0.506 e. The molecule has 0 aliphatic rings. The summed E-state index contributed by atoms with van der Waals surface area (Å²) in [7, 11) is 0. The Hall–Kier alpha value is -2.68.